The maximum Gasteiger partial charge on any atom is 0.259 e. The summed E-state index contributed by atoms with van der Waals surface area (Å²) in [6.45, 7) is 6.73. The van der Waals surface area contributed by atoms with Gasteiger partial charge in [-0.25, -0.2) is 16.8 Å². The lowest BCUT2D eigenvalue weighted by atomic mass is 10.0. The molecule has 0 aromatic heterocycles. The van der Waals surface area contributed by atoms with Crippen LogP contribution in [0, 0.1) is 11.8 Å². The van der Waals surface area contributed by atoms with Crippen LogP contribution in [0.5, 0.6) is 0 Å². The number of hydrogen-bond donors (Lipinski definition) is 3. The van der Waals surface area contributed by atoms with Crippen LogP contribution in [0.1, 0.15) is 63.5 Å². The van der Waals surface area contributed by atoms with Crippen LogP contribution in [0.4, 0.5) is 0 Å². The number of sulfonamides is 2. The molecule has 3 N–H and O–H groups in total. The van der Waals surface area contributed by atoms with Crippen molar-refractivity contribution in [3.8, 4) is 11.1 Å². The van der Waals surface area contributed by atoms with E-state index in [1.165, 1.54) is 6.08 Å². The van der Waals surface area contributed by atoms with Crippen LogP contribution in [0.3, 0.4) is 0 Å². The summed E-state index contributed by atoms with van der Waals surface area (Å²) in [6, 6.07) is 12.6. The number of carbonyl (C=O) groups excluding carboxylic acids is 3. The summed E-state index contributed by atoms with van der Waals surface area (Å²) in [6.07, 6.45) is 2.23. The fourth-order valence-electron chi connectivity index (χ4n) is 7.09. The number of hydrogen-bond acceptors (Lipinski definition) is 10. The Hall–Kier alpha value is -4.12. The van der Waals surface area contributed by atoms with Gasteiger partial charge >= 0.3 is 0 Å². The van der Waals surface area contributed by atoms with Crippen molar-refractivity contribution in [3.63, 3.8) is 0 Å². The van der Waals surface area contributed by atoms with Crippen molar-refractivity contribution in [3.05, 3.63) is 72.3 Å². The Morgan fingerprint density at radius 2 is 1.55 bits per heavy atom. The predicted molar refractivity (Wildman–Crippen MR) is 186 cm³/mol. The minimum atomic E-state index is -4.21. The van der Waals surface area contributed by atoms with Gasteiger partial charge in [0.2, 0.25) is 31.9 Å². The SMILES string of the molecule is C=C[C@@H]1C[C@@]1(NC(=O)[C@@H]1C[C@@H](ON=C2c3ccccc3-c3ccccc32)CN1C(=O)[C@@H](C(C)C)N(O)S(=O)(=O)C1CC1)C(=O)NS(=O)(=O)C1CC1. The lowest BCUT2D eigenvalue weighted by Gasteiger charge is -2.33. The minimum Gasteiger partial charge on any atom is -0.390 e. The second kappa shape index (κ2) is 12.8. The third-order valence-electron chi connectivity index (χ3n) is 10.4. The van der Waals surface area contributed by atoms with Gasteiger partial charge in [0, 0.05) is 23.5 Å². The average Bonchev–Trinajstić information content (AvgIpc) is 3.99. The highest BCUT2D eigenvalue weighted by molar-refractivity contribution is 7.91. The molecule has 2 aromatic carbocycles. The molecule has 3 amide bonds. The molecule has 0 spiro atoms. The molecule has 5 atom stereocenters. The van der Waals surface area contributed by atoms with E-state index in [0.29, 0.717) is 31.4 Å². The first-order valence-corrected chi connectivity index (χ1v) is 20.2. The molecule has 1 aliphatic heterocycles. The number of rotatable bonds is 13. The molecule has 16 heteroatoms. The number of benzene rings is 2. The fraction of sp³-hybridized carbons (Fsp3) is 0.486. The van der Waals surface area contributed by atoms with Gasteiger partial charge in [-0.3, -0.25) is 24.3 Å². The largest absolute Gasteiger partial charge is 0.390 e. The monoisotopic (exact) mass is 739 g/mol. The molecule has 4 fully saturated rings. The first kappa shape index (κ1) is 35.3. The molecule has 2 aromatic rings. The summed E-state index contributed by atoms with van der Waals surface area (Å²) in [7, 11) is -8.14. The van der Waals surface area contributed by atoms with Gasteiger partial charge in [0.25, 0.3) is 5.91 Å². The topological polar surface area (TPSA) is 192 Å². The van der Waals surface area contributed by atoms with Crippen LogP contribution in [0.15, 0.2) is 66.3 Å². The number of hydroxylamine groups is 1. The summed E-state index contributed by atoms with van der Waals surface area (Å²) in [5.41, 5.74) is 2.61. The summed E-state index contributed by atoms with van der Waals surface area (Å²) in [5.74, 6) is -3.73. The molecule has 5 aliphatic rings. The van der Waals surface area contributed by atoms with E-state index in [2.05, 4.69) is 21.8 Å². The van der Waals surface area contributed by atoms with E-state index in [1.54, 1.807) is 13.8 Å². The molecular formula is C35H41N5O9S2. The van der Waals surface area contributed by atoms with Crippen molar-refractivity contribution in [1.29, 1.82) is 0 Å². The molecule has 1 saturated heterocycles. The lowest BCUT2D eigenvalue weighted by molar-refractivity contribution is -0.152. The van der Waals surface area contributed by atoms with Gasteiger partial charge in [-0.1, -0.05) is 78.1 Å². The van der Waals surface area contributed by atoms with Crippen molar-refractivity contribution in [2.45, 2.75) is 86.6 Å². The number of fused-ring (bicyclic) bond motifs is 3. The number of nitrogens with one attached hydrogen (secondary N) is 2. The van der Waals surface area contributed by atoms with E-state index >= 15 is 0 Å². The highest BCUT2D eigenvalue weighted by Crippen LogP contribution is 2.46. The number of nitrogens with zero attached hydrogens (tertiary/aromatic N) is 3. The van der Waals surface area contributed by atoms with E-state index in [4.69, 9.17) is 4.84 Å². The fourth-order valence-corrected chi connectivity index (χ4v) is 10.1. The Kier molecular flexibility index (Phi) is 8.88. The van der Waals surface area contributed by atoms with E-state index in [-0.39, 0.29) is 23.9 Å². The summed E-state index contributed by atoms with van der Waals surface area (Å²) < 4.78 is 53.7. The van der Waals surface area contributed by atoms with Gasteiger partial charge in [0.1, 0.15) is 29.4 Å². The number of likely N-dealkylation sites (tertiary alicyclic amines) is 1. The van der Waals surface area contributed by atoms with Crippen molar-refractivity contribution >= 4 is 43.5 Å². The smallest absolute Gasteiger partial charge is 0.259 e. The molecule has 0 unspecified atom stereocenters. The molecule has 0 radical (unpaired) electrons. The summed E-state index contributed by atoms with van der Waals surface area (Å²) >= 11 is 0. The Morgan fingerprint density at radius 1 is 0.980 bits per heavy atom. The van der Waals surface area contributed by atoms with Crippen LogP contribution < -0.4 is 10.0 Å². The minimum absolute atomic E-state index is 0.0832. The van der Waals surface area contributed by atoms with Gasteiger partial charge in [-0.05, 0) is 49.1 Å². The van der Waals surface area contributed by atoms with Crippen LogP contribution in [-0.4, -0.2) is 95.6 Å². The molecule has 51 heavy (non-hydrogen) atoms. The van der Waals surface area contributed by atoms with Gasteiger partial charge in [-0.15, -0.1) is 6.58 Å². The summed E-state index contributed by atoms with van der Waals surface area (Å²) in [4.78, 5) is 49.1. The quantitative estimate of drug-likeness (QED) is 0.174. The number of amides is 3. The van der Waals surface area contributed by atoms with Crippen LogP contribution >= 0.6 is 0 Å². The van der Waals surface area contributed by atoms with Gasteiger partial charge in [0.15, 0.2) is 0 Å². The molecular weight excluding hydrogens is 699 g/mol. The van der Waals surface area contributed by atoms with E-state index in [9.17, 15) is 36.4 Å². The Morgan fingerprint density at radius 3 is 2.06 bits per heavy atom. The molecule has 14 nitrogen and oxygen atoms in total. The number of carbonyl (C=O) groups is 3. The molecule has 3 saturated carbocycles. The zero-order chi connectivity index (χ0) is 36.5. The maximum absolute atomic E-state index is 14.3. The molecule has 272 valence electrons. The van der Waals surface area contributed by atoms with Gasteiger partial charge < -0.3 is 15.1 Å². The van der Waals surface area contributed by atoms with E-state index in [1.807, 2.05) is 48.5 Å². The molecule has 0 bridgehead atoms. The van der Waals surface area contributed by atoms with Crippen molar-refractivity contribution < 1.29 is 41.3 Å². The van der Waals surface area contributed by atoms with Crippen LogP contribution in [-0.2, 0) is 39.3 Å². The highest BCUT2D eigenvalue weighted by atomic mass is 32.2. The zero-order valence-electron chi connectivity index (χ0n) is 28.3. The highest BCUT2D eigenvalue weighted by Gasteiger charge is 2.62. The van der Waals surface area contributed by atoms with Crippen LogP contribution in [0.25, 0.3) is 11.1 Å². The molecule has 4 aliphatic carbocycles. The lowest BCUT2D eigenvalue weighted by Crippen LogP contribution is -2.59. The van der Waals surface area contributed by atoms with Gasteiger partial charge in [0.05, 0.1) is 17.0 Å². The Bertz CT molecular complexity index is 2000. The maximum atomic E-state index is 14.3. The van der Waals surface area contributed by atoms with Crippen molar-refractivity contribution in [2.75, 3.05) is 6.54 Å². The second-order valence-electron chi connectivity index (χ2n) is 14.4. The summed E-state index contributed by atoms with van der Waals surface area (Å²) in [5, 5.41) is 16.7. The zero-order valence-corrected chi connectivity index (χ0v) is 29.9. The Balaban J connectivity index is 1.18. The third kappa shape index (κ3) is 6.36. The van der Waals surface area contributed by atoms with Crippen molar-refractivity contribution in [2.24, 2.45) is 17.0 Å². The number of oxime groups is 1. The van der Waals surface area contributed by atoms with E-state index < -0.39 is 83.8 Å². The first-order valence-electron chi connectivity index (χ1n) is 17.2. The van der Waals surface area contributed by atoms with Gasteiger partial charge in [-0.2, -0.15) is 0 Å². The van der Waals surface area contributed by atoms with E-state index in [0.717, 1.165) is 27.2 Å². The van der Waals surface area contributed by atoms with Crippen LogP contribution in [0.2, 0.25) is 0 Å². The average molecular weight is 740 g/mol. The second-order valence-corrected chi connectivity index (χ2v) is 18.4. The normalized spacial score (nSPS) is 25.9. The predicted octanol–water partition coefficient (Wildman–Crippen LogP) is 2.28. The third-order valence-corrected chi connectivity index (χ3v) is 14.3. The first-order chi connectivity index (χ1) is 24.2. The molecule has 1 heterocycles. The molecule has 7 rings (SSSR count). The standard InChI is InChI=1S/C35H41N5O9S2/c1-4-21-18-35(21,34(43)38-50(45,46)23-13-14-23)36-32(41)29-17-22(19-39(29)33(42)31(20(2)3)40(44)51(47,48)24-15-16-24)49-37-30-27-11-7-5-9-25(27)26-10-6-8-12-28(26)30/h4-12,20-24,29,31,44H,1,13-19H2,2-3H3,(H,36,41)(H,38,43)/t21-,22-,29+,31-,35+/m1/s1. The van der Waals surface area contributed by atoms with Crippen molar-refractivity contribution in [1.82, 2.24) is 19.4 Å². The Labute approximate surface area is 297 Å².